The summed E-state index contributed by atoms with van der Waals surface area (Å²) in [6.07, 6.45) is 1.77. The lowest BCUT2D eigenvalue weighted by atomic mass is 9.85. The van der Waals surface area contributed by atoms with Gasteiger partial charge in [0, 0.05) is 30.3 Å². The van der Waals surface area contributed by atoms with Crippen LogP contribution in [-0.2, 0) is 28.5 Å². The number of ether oxygens (including phenoxy) is 4. The average Bonchev–Trinajstić information content (AvgIpc) is 3.26. The molecule has 2 aliphatic heterocycles. The van der Waals surface area contributed by atoms with E-state index in [1.807, 2.05) is 27.7 Å². The first kappa shape index (κ1) is 22.6. The predicted octanol–water partition coefficient (Wildman–Crippen LogP) is 3.59. The number of hydrogen-bond acceptors (Lipinski definition) is 6. The standard InChI is InChI=1S/C22H34O6/c1-14(2)19(23)27-22(6,7)18-16(8-11-26-18)12-15(3)20(24)28-21(4,5)17-9-10-25-13-17/h16-18H,1,3,8-13H2,2,4-7H3. The van der Waals surface area contributed by atoms with Gasteiger partial charge < -0.3 is 18.9 Å². The van der Waals surface area contributed by atoms with Gasteiger partial charge >= 0.3 is 11.9 Å². The number of carbonyl (C=O) groups excluding carboxylic acids is 2. The Kier molecular flexibility index (Phi) is 7.10. The van der Waals surface area contributed by atoms with Gasteiger partial charge in [-0.3, -0.25) is 0 Å². The van der Waals surface area contributed by atoms with E-state index in [-0.39, 0.29) is 23.9 Å². The molecule has 0 N–H and O–H groups in total. The maximum Gasteiger partial charge on any atom is 0.333 e. The van der Waals surface area contributed by atoms with Gasteiger partial charge in [0.1, 0.15) is 11.2 Å². The molecule has 2 heterocycles. The molecule has 0 aromatic heterocycles. The van der Waals surface area contributed by atoms with Gasteiger partial charge in [0.25, 0.3) is 0 Å². The summed E-state index contributed by atoms with van der Waals surface area (Å²) in [7, 11) is 0. The molecule has 2 aliphatic rings. The minimum absolute atomic E-state index is 0.0193. The van der Waals surface area contributed by atoms with Crippen molar-refractivity contribution in [3.63, 3.8) is 0 Å². The molecule has 3 unspecified atom stereocenters. The third-order valence-corrected chi connectivity index (χ3v) is 5.67. The van der Waals surface area contributed by atoms with Crippen LogP contribution in [0.5, 0.6) is 0 Å². The van der Waals surface area contributed by atoms with Crippen LogP contribution in [0.25, 0.3) is 0 Å². The minimum atomic E-state index is -0.832. The van der Waals surface area contributed by atoms with E-state index < -0.39 is 17.2 Å². The fourth-order valence-corrected chi connectivity index (χ4v) is 3.87. The molecule has 0 aliphatic carbocycles. The van der Waals surface area contributed by atoms with Gasteiger partial charge in [-0.2, -0.15) is 0 Å². The number of esters is 2. The maximum absolute atomic E-state index is 12.6. The molecule has 6 nitrogen and oxygen atoms in total. The highest BCUT2D eigenvalue weighted by Gasteiger charge is 2.44. The summed E-state index contributed by atoms with van der Waals surface area (Å²) in [6.45, 7) is 18.5. The van der Waals surface area contributed by atoms with Gasteiger partial charge in [0.15, 0.2) is 0 Å². The molecule has 0 bridgehead atoms. The van der Waals surface area contributed by atoms with Crippen LogP contribution >= 0.6 is 0 Å². The van der Waals surface area contributed by atoms with Crippen LogP contribution < -0.4 is 0 Å². The Bertz CT molecular complexity index is 627. The zero-order chi connectivity index (χ0) is 21.1. The minimum Gasteiger partial charge on any atom is -0.456 e. The summed E-state index contributed by atoms with van der Waals surface area (Å²) < 4.78 is 22.6. The van der Waals surface area contributed by atoms with Crippen LogP contribution in [0, 0.1) is 11.8 Å². The van der Waals surface area contributed by atoms with Gasteiger partial charge in [-0.25, -0.2) is 9.59 Å². The second-order valence-electron chi connectivity index (χ2n) is 8.97. The summed E-state index contributed by atoms with van der Waals surface area (Å²) in [6, 6.07) is 0. The average molecular weight is 395 g/mol. The third-order valence-electron chi connectivity index (χ3n) is 5.67. The van der Waals surface area contributed by atoms with E-state index in [9.17, 15) is 9.59 Å². The first-order valence-corrected chi connectivity index (χ1v) is 9.93. The van der Waals surface area contributed by atoms with Gasteiger partial charge in [0.05, 0.1) is 12.7 Å². The predicted molar refractivity (Wildman–Crippen MR) is 106 cm³/mol. The van der Waals surface area contributed by atoms with E-state index in [0.29, 0.717) is 37.4 Å². The van der Waals surface area contributed by atoms with E-state index in [0.717, 1.165) is 12.8 Å². The molecule has 0 saturated carbocycles. The molecule has 158 valence electrons. The van der Waals surface area contributed by atoms with Crippen molar-refractivity contribution in [1.82, 2.24) is 0 Å². The summed E-state index contributed by atoms with van der Waals surface area (Å²) in [5, 5.41) is 0. The Morgan fingerprint density at radius 3 is 2.21 bits per heavy atom. The first-order chi connectivity index (χ1) is 12.9. The van der Waals surface area contributed by atoms with Gasteiger partial charge in [-0.1, -0.05) is 13.2 Å². The fraction of sp³-hybridized carbons (Fsp3) is 0.727. The summed E-state index contributed by atoms with van der Waals surface area (Å²) in [5.41, 5.74) is -0.677. The summed E-state index contributed by atoms with van der Waals surface area (Å²) in [4.78, 5) is 24.6. The maximum atomic E-state index is 12.6. The second kappa shape index (κ2) is 8.78. The van der Waals surface area contributed by atoms with Crippen LogP contribution in [0.1, 0.15) is 53.9 Å². The molecule has 0 aromatic carbocycles. The van der Waals surface area contributed by atoms with E-state index in [1.165, 1.54) is 0 Å². The van der Waals surface area contributed by atoms with Crippen molar-refractivity contribution in [2.24, 2.45) is 11.8 Å². The highest BCUT2D eigenvalue weighted by molar-refractivity contribution is 5.88. The van der Waals surface area contributed by atoms with E-state index in [4.69, 9.17) is 18.9 Å². The van der Waals surface area contributed by atoms with Crippen LogP contribution in [0.15, 0.2) is 24.3 Å². The third kappa shape index (κ3) is 5.45. The molecule has 3 atom stereocenters. The highest BCUT2D eigenvalue weighted by Crippen LogP contribution is 2.37. The Labute approximate surface area is 168 Å². The molecule has 28 heavy (non-hydrogen) atoms. The number of rotatable bonds is 8. The van der Waals surface area contributed by atoms with E-state index >= 15 is 0 Å². The van der Waals surface area contributed by atoms with Crippen molar-refractivity contribution < 1.29 is 28.5 Å². The lowest BCUT2D eigenvalue weighted by molar-refractivity contribution is -0.167. The van der Waals surface area contributed by atoms with Crippen molar-refractivity contribution in [2.75, 3.05) is 19.8 Å². The van der Waals surface area contributed by atoms with Crippen molar-refractivity contribution in [3.8, 4) is 0 Å². The van der Waals surface area contributed by atoms with Gasteiger partial charge in [-0.15, -0.1) is 0 Å². The lowest BCUT2D eigenvalue weighted by Gasteiger charge is -2.35. The van der Waals surface area contributed by atoms with Crippen molar-refractivity contribution in [3.05, 3.63) is 24.3 Å². The zero-order valence-corrected chi connectivity index (χ0v) is 17.8. The summed E-state index contributed by atoms with van der Waals surface area (Å²) >= 11 is 0. The zero-order valence-electron chi connectivity index (χ0n) is 17.8. The molecular weight excluding hydrogens is 360 g/mol. The summed E-state index contributed by atoms with van der Waals surface area (Å²) in [5.74, 6) is -0.629. The molecule has 2 saturated heterocycles. The molecule has 2 rings (SSSR count). The molecule has 6 heteroatoms. The quantitative estimate of drug-likeness (QED) is 0.463. The molecule has 0 aromatic rings. The smallest absolute Gasteiger partial charge is 0.333 e. The first-order valence-electron chi connectivity index (χ1n) is 9.93. The van der Waals surface area contributed by atoms with Crippen LogP contribution in [0.4, 0.5) is 0 Å². The normalized spacial score (nSPS) is 25.4. The van der Waals surface area contributed by atoms with Crippen LogP contribution in [0.2, 0.25) is 0 Å². The molecule has 2 fully saturated rings. The topological polar surface area (TPSA) is 71.1 Å². The van der Waals surface area contributed by atoms with Crippen LogP contribution in [-0.4, -0.2) is 49.1 Å². The number of hydrogen-bond donors (Lipinski definition) is 0. The Balaban J connectivity index is 1.96. The molecular formula is C22H34O6. The van der Waals surface area contributed by atoms with Crippen molar-refractivity contribution in [2.45, 2.75) is 71.2 Å². The van der Waals surface area contributed by atoms with Gasteiger partial charge in [0.2, 0.25) is 0 Å². The van der Waals surface area contributed by atoms with E-state index in [1.54, 1.807) is 6.92 Å². The van der Waals surface area contributed by atoms with E-state index in [2.05, 4.69) is 13.2 Å². The second-order valence-corrected chi connectivity index (χ2v) is 8.97. The van der Waals surface area contributed by atoms with Crippen LogP contribution in [0.3, 0.4) is 0 Å². The molecule has 0 radical (unpaired) electrons. The molecule has 0 spiro atoms. The Hall–Kier alpha value is -1.66. The van der Waals surface area contributed by atoms with Crippen molar-refractivity contribution in [1.29, 1.82) is 0 Å². The van der Waals surface area contributed by atoms with Gasteiger partial charge in [-0.05, 0) is 59.8 Å². The SMILES string of the molecule is C=C(C)C(=O)OC(C)(C)C1OCCC1CC(=C)C(=O)OC(C)(C)C1CCOC1. The number of carbonyl (C=O) groups is 2. The fourth-order valence-electron chi connectivity index (χ4n) is 3.87. The highest BCUT2D eigenvalue weighted by atomic mass is 16.6. The largest absolute Gasteiger partial charge is 0.456 e. The Morgan fingerprint density at radius 1 is 1.00 bits per heavy atom. The lowest BCUT2D eigenvalue weighted by Crippen LogP contribution is -2.44. The van der Waals surface area contributed by atoms with Crippen molar-refractivity contribution >= 4 is 11.9 Å². The Morgan fingerprint density at radius 2 is 1.64 bits per heavy atom. The molecule has 0 amide bonds. The monoisotopic (exact) mass is 394 g/mol.